The van der Waals surface area contributed by atoms with Gasteiger partial charge in [-0.15, -0.1) is 0 Å². The highest BCUT2D eigenvalue weighted by molar-refractivity contribution is 5.53. The molecule has 1 saturated heterocycles. The van der Waals surface area contributed by atoms with E-state index >= 15 is 0 Å². The van der Waals surface area contributed by atoms with Crippen molar-refractivity contribution in [1.29, 1.82) is 0 Å². The maximum atomic E-state index is 5.25. The predicted molar refractivity (Wildman–Crippen MR) is 89.5 cm³/mol. The van der Waals surface area contributed by atoms with Gasteiger partial charge in [0.2, 0.25) is 0 Å². The van der Waals surface area contributed by atoms with E-state index in [1.807, 2.05) is 13.8 Å². The molecule has 1 fully saturated rings. The molecule has 2 heterocycles. The molecule has 0 saturated carbocycles. The van der Waals surface area contributed by atoms with Gasteiger partial charge in [0.1, 0.15) is 5.76 Å². The van der Waals surface area contributed by atoms with Gasteiger partial charge in [-0.3, -0.25) is 4.90 Å². The molecule has 1 aromatic heterocycles. The summed E-state index contributed by atoms with van der Waals surface area (Å²) in [4.78, 5) is 5.04. The first-order valence-electron chi connectivity index (χ1n) is 8.10. The Morgan fingerprint density at radius 1 is 1.05 bits per heavy atom. The van der Waals surface area contributed by atoms with Crippen molar-refractivity contribution in [2.24, 2.45) is 0 Å². The van der Waals surface area contributed by atoms with Crippen molar-refractivity contribution in [3.05, 3.63) is 46.8 Å². The number of hydrogen-bond acceptors (Lipinski definition) is 4. The lowest BCUT2D eigenvalue weighted by atomic mass is 10.1. The second-order valence-corrected chi connectivity index (χ2v) is 6.17. The van der Waals surface area contributed by atoms with Crippen molar-refractivity contribution >= 4 is 5.69 Å². The summed E-state index contributed by atoms with van der Waals surface area (Å²) < 4.78 is 5.25. The van der Waals surface area contributed by atoms with Gasteiger partial charge >= 0.3 is 0 Å². The Labute approximate surface area is 132 Å². The van der Waals surface area contributed by atoms with Crippen molar-refractivity contribution in [2.75, 3.05) is 37.6 Å². The first kappa shape index (κ1) is 15.1. The third-order valence-electron chi connectivity index (χ3n) is 4.69. The molecule has 0 radical (unpaired) electrons. The van der Waals surface area contributed by atoms with Crippen LogP contribution in [0.1, 0.15) is 22.6 Å². The SMILES string of the molecule is Cc1ccccc1N1CCN(CCc2c(C)noc2C)CC1. The molecule has 0 atom stereocenters. The van der Waals surface area contributed by atoms with Crippen LogP contribution in [0.3, 0.4) is 0 Å². The molecule has 3 rings (SSSR count). The van der Waals surface area contributed by atoms with Crippen LogP contribution in [0.15, 0.2) is 28.8 Å². The lowest BCUT2D eigenvalue weighted by Crippen LogP contribution is -2.47. The lowest BCUT2D eigenvalue weighted by molar-refractivity contribution is 0.260. The van der Waals surface area contributed by atoms with Gasteiger partial charge in [0.05, 0.1) is 5.69 Å². The number of benzene rings is 1. The van der Waals surface area contributed by atoms with Gasteiger partial charge in [-0.05, 0) is 38.8 Å². The van der Waals surface area contributed by atoms with Crippen molar-refractivity contribution < 1.29 is 4.52 Å². The highest BCUT2D eigenvalue weighted by Crippen LogP contribution is 2.21. The minimum absolute atomic E-state index is 0.969. The first-order chi connectivity index (χ1) is 10.6. The molecule has 2 aromatic rings. The minimum atomic E-state index is 0.969. The number of nitrogens with zero attached hydrogens (tertiary/aromatic N) is 3. The monoisotopic (exact) mass is 299 g/mol. The van der Waals surface area contributed by atoms with E-state index in [2.05, 4.69) is 46.1 Å². The quantitative estimate of drug-likeness (QED) is 0.869. The maximum Gasteiger partial charge on any atom is 0.137 e. The molecule has 1 aliphatic heterocycles. The molecule has 0 unspecified atom stereocenters. The number of para-hydroxylation sites is 1. The van der Waals surface area contributed by atoms with Crippen LogP contribution in [0.25, 0.3) is 0 Å². The van der Waals surface area contributed by atoms with Gasteiger partial charge in [0.15, 0.2) is 0 Å². The molecule has 1 aliphatic rings. The highest BCUT2D eigenvalue weighted by atomic mass is 16.5. The summed E-state index contributed by atoms with van der Waals surface area (Å²) >= 11 is 0. The molecule has 0 bridgehead atoms. The third kappa shape index (κ3) is 3.17. The summed E-state index contributed by atoms with van der Waals surface area (Å²) in [7, 11) is 0. The van der Waals surface area contributed by atoms with Crippen LogP contribution in [-0.2, 0) is 6.42 Å². The number of hydrogen-bond donors (Lipinski definition) is 0. The van der Waals surface area contributed by atoms with Gasteiger partial charge in [-0.1, -0.05) is 23.4 Å². The smallest absolute Gasteiger partial charge is 0.137 e. The molecule has 0 aliphatic carbocycles. The Kier molecular flexibility index (Phi) is 4.48. The van der Waals surface area contributed by atoms with Crippen LogP contribution in [0, 0.1) is 20.8 Å². The van der Waals surface area contributed by atoms with Crippen LogP contribution >= 0.6 is 0 Å². The summed E-state index contributed by atoms with van der Waals surface area (Å²) in [5.74, 6) is 0.969. The molecule has 118 valence electrons. The highest BCUT2D eigenvalue weighted by Gasteiger charge is 2.19. The van der Waals surface area contributed by atoms with Crippen molar-refractivity contribution in [3.8, 4) is 0 Å². The standard InChI is InChI=1S/C18H25N3O/c1-14-6-4-5-7-18(14)21-12-10-20(11-13-21)9-8-17-15(2)19-22-16(17)3/h4-7H,8-13H2,1-3H3. The zero-order valence-electron chi connectivity index (χ0n) is 13.8. The van der Waals surface area contributed by atoms with Gasteiger partial charge < -0.3 is 9.42 Å². The molecule has 0 N–H and O–H groups in total. The fraction of sp³-hybridized carbons (Fsp3) is 0.500. The Bertz CT molecular complexity index is 608. The lowest BCUT2D eigenvalue weighted by Gasteiger charge is -2.36. The van der Waals surface area contributed by atoms with E-state index in [4.69, 9.17) is 4.52 Å². The zero-order chi connectivity index (χ0) is 15.5. The number of aryl methyl sites for hydroxylation is 3. The van der Waals surface area contributed by atoms with Crippen LogP contribution in [0.5, 0.6) is 0 Å². The molecule has 4 heteroatoms. The van der Waals surface area contributed by atoms with Gasteiger partial charge in [0, 0.05) is 44.0 Å². The molecule has 0 spiro atoms. The second-order valence-electron chi connectivity index (χ2n) is 6.17. The van der Waals surface area contributed by atoms with E-state index in [9.17, 15) is 0 Å². The van der Waals surface area contributed by atoms with E-state index in [-0.39, 0.29) is 0 Å². The Morgan fingerprint density at radius 3 is 2.41 bits per heavy atom. The van der Waals surface area contributed by atoms with Crippen LogP contribution in [0.2, 0.25) is 0 Å². The summed E-state index contributed by atoms with van der Waals surface area (Å²) in [6.45, 7) is 11.8. The zero-order valence-corrected chi connectivity index (χ0v) is 13.8. The van der Waals surface area contributed by atoms with E-state index in [1.165, 1.54) is 16.8 Å². The summed E-state index contributed by atoms with van der Waals surface area (Å²) in [5, 5.41) is 4.04. The maximum absolute atomic E-state index is 5.25. The van der Waals surface area contributed by atoms with E-state index in [1.54, 1.807) is 0 Å². The first-order valence-corrected chi connectivity index (χ1v) is 8.10. The second kappa shape index (κ2) is 6.53. The van der Waals surface area contributed by atoms with Gasteiger partial charge in [-0.2, -0.15) is 0 Å². The largest absolute Gasteiger partial charge is 0.369 e. The molecule has 0 amide bonds. The van der Waals surface area contributed by atoms with E-state index < -0.39 is 0 Å². The van der Waals surface area contributed by atoms with Crippen LogP contribution in [0.4, 0.5) is 5.69 Å². The number of piperazine rings is 1. The number of rotatable bonds is 4. The number of aromatic nitrogens is 1. The molecule has 4 nitrogen and oxygen atoms in total. The fourth-order valence-corrected chi connectivity index (χ4v) is 3.26. The average molecular weight is 299 g/mol. The Morgan fingerprint density at radius 2 is 1.77 bits per heavy atom. The normalized spacial score (nSPS) is 16.2. The summed E-state index contributed by atoms with van der Waals surface area (Å²) in [6, 6.07) is 8.67. The van der Waals surface area contributed by atoms with Gasteiger partial charge in [0.25, 0.3) is 0 Å². The number of anilines is 1. The van der Waals surface area contributed by atoms with E-state index in [0.717, 1.165) is 50.6 Å². The molecular weight excluding hydrogens is 274 g/mol. The van der Waals surface area contributed by atoms with Crippen LogP contribution < -0.4 is 4.90 Å². The van der Waals surface area contributed by atoms with Crippen molar-refractivity contribution in [3.63, 3.8) is 0 Å². The van der Waals surface area contributed by atoms with Crippen molar-refractivity contribution in [2.45, 2.75) is 27.2 Å². The van der Waals surface area contributed by atoms with Crippen LogP contribution in [-0.4, -0.2) is 42.8 Å². The Hall–Kier alpha value is -1.81. The third-order valence-corrected chi connectivity index (χ3v) is 4.69. The topological polar surface area (TPSA) is 32.5 Å². The summed E-state index contributed by atoms with van der Waals surface area (Å²) in [5.41, 5.74) is 5.07. The van der Waals surface area contributed by atoms with Crippen molar-refractivity contribution in [1.82, 2.24) is 10.1 Å². The fourth-order valence-electron chi connectivity index (χ4n) is 3.26. The minimum Gasteiger partial charge on any atom is -0.369 e. The predicted octanol–water partition coefficient (Wildman–Crippen LogP) is 2.96. The molecular formula is C18H25N3O. The molecule has 22 heavy (non-hydrogen) atoms. The summed E-state index contributed by atoms with van der Waals surface area (Å²) in [6.07, 6.45) is 1.03. The average Bonchev–Trinajstić information content (AvgIpc) is 2.85. The van der Waals surface area contributed by atoms with E-state index in [0.29, 0.717) is 0 Å². The Balaban J connectivity index is 1.53. The molecule has 1 aromatic carbocycles. The van der Waals surface area contributed by atoms with Gasteiger partial charge in [-0.25, -0.2) is 0 Å².